The van der Waals surface area contributed by atoms with E-state index in [0.717, 1.165) is 12.8 Å². The van der Waals surface area contributed by atoms with E-state index in [9.17, 15) is 8.22 Å². The molecule has 0 fully saturated rings. The van der Waals surface area contributed by atoms with E-state index >= 15 is 0 Å². The Morgan fingerprint density at radius 2 is 1.31 bits per heavy atom. The van der Waals surface area contributed by atoms with Crippen LogP contribution >= 0.6 is 0 Å². The molecule has 0 aromatic carbocycles. The molecule has 0 aliphatic rings. The van der Waals surface area contributed by atoms with Crippen molar-refractivity contribution in [3.8, 4) is 0 Å². The summed E-state index contributed by atoms with van der Waals surface area (Å²) < 4.78 is 34.3. The van der Waals surface area contributed by atoms with Crippen molar-refractivity contribution in [2.45, 2.75) is 39.5 Å². The van der Waals surface area contributed by atoms with E-state index in [2.05, 4.69) is 8.85 Å². The molecule has 0 heterocycles. The second kappa shape index (κ2) is 7.41. The molecule has 0 aliphatic heterocycles. The Kier molecular flexibility index (Phi) is 7.40. The second-order valence-corrected chi connectivity index (χ2v) is 4.37. The maximum absolute atomic E-state index is 12.8. The van der Waals surface area contributed by atoms with Gasteiger partial charge in [0, 0.05) is 13.2 Å². The minimum absolute atomic E-state index is 0.113. The molecule has 0 aromatic rings. The number of hydrogen-bond acceptors (Lipinski definition) is 2. The van der Waals surface area contributed by atoms with E-state index in [0.29, 0.717) is 12.8 Å². The first-order chi connectivity index (χ1) is 6.12. The smallest absolute Gasteiger partial charge is 0.345 e. The summed E-state index contributed by atoms with van der Waals surface area (Å²) >= 11 is 0. The van der Waals surface area contributed by atoms with Gasteiger partial charge in [-0.3, -0.25) is 0 Å². The van der Waals surface area contributed by atoms with Gasteiger partial charge in [0.2, 0.25) is 0 Å². The predicted molar refractivity (Wildman–Crippen MR) is 49.7 cm³/mol. The summed E-state index contributed by atoms with van der Waals surface area (Å²) in [6.45, 7) is 4.09. The number of rotatable bonds is 8. The standard InChI is InChI=1S/C8H18F2O2Si/c1-3-5-7-11-13(9,10)12-8-6-4-2/h3-8H2,1-2H3. The van der Waals surface area contributed by atoms with Crippen molar-refractivity contribution in [1.82, 2.24) is 0 Å². The van der Waals surface area contributed by atoms with Crippen LogP contribution in [0.5, 0.6) is 0 Å². The van der Waals surface area contributed by atoms with Crippen LogP contribution < -0.4 is 0 Å². The summed E-state index contributed by atoms with van der Waals surface area (Å²) in [4.78, 5) is 0. The Bertz CT molecular complexity index is 111. The van der Waals surface area contributed by atoms with Crippen molar-refractivity contribution < 1.29 is 17.1 Å². The highest BCUT2D eigenvalue weighted by molar-refractivity contribution is 6.51. The summed E-state index contributed by atoms with van der Waals surface area (Å²) in [5.41, 5.74) is 0. The normalized spacial score (nSPS) is 12.0. The molecule has 0 N–H and O–H groups in total. The average Bonchev–Trinajstić information content (AvgIpc) is 2.05. The van der Waals surface area contributed by atoms with Gasteiger partial charge in [-0.15, -0.1) is 0 Å². The lowest BCUT2D eigenvalue weighted by atomic mass is 10.4. The molecule has 0 saturated heterocycles. The monoisotopic (exact) mass is 212 g/mol. The molecular weight excluding hydrogens is 194 g/mol. The van der Waals surface area contributed by atoms with Crippen LogP contribution in [0.3, 0.4) is 0 Å². The van der Waals surface area contributed by atoms with Gasteiger partial charge in [-0.05, 0) is 12.8 Å². The topological polar surface area (TPSA) is 18.5 Å². The van der Waals surface area contributed by atoms with E-state index in [1.165, 1.54) is 0 Å². The van der Waals surface area contributed by atoms with Crippen molar-refractivity contribution in [3.63, 3.8) is 0 Å². The van der Waals surface area contributed by atoms with Crippen molar-refractivity contribution >= 4 is 9.23 Å². The molecule has 0 radical (unpaired) electrons. The minimum Gasteiger partial charge on any atom is -0.345 e. The van der Waals surface area contributed by atoms with E-state index < -0.39 is 9.23 Å². The van der Waals surface area contributed by atoms with E-state index in [4.69, 9.17) is 0 Å². The van der Waals surface area contributed by atoms with Gasteiger partial charge in [-0.1, -0.05) is 26.7 Å². The number of hydrogen-bond donors (Lipinski definition) is 0. The fourth-order valence-electron chi connectivity index (χ4n) is 0.712. The van der Waals surface area contributed by atoms with Crippen molar-refractivity contribution in [1.29, 1.82) is 0 Å². The summed E-state index contributed by atoms with van der Waals surface area (Å²) in [5.74, 6) is 0. The van der Waals surface area contributed by atoms with Gasteiger partial charge in [0.15, 0.2) is 0 Å². The van der Waals surface area contributed by atoms with Gasteiger partial charge in [-0.25, -0.2) is 8.22 Å². The highest BCUT2D eigenvalue weighted by Gasteiger charge is 2.42. The SMILES string of the molecule is CCCCO[Si](F)(F)OCCCC. The summed E-state index contributed by atoms with van der Waals surface area (Å²) in [6.07, 6.45) is 3.05. The van der Waals surface area contributed by atoms with Crippen LogP contribution in [-0.2, 0) is 8.85 Å². The van der Waals surface area contributed by atoms with Gasteiger partial charge in [-0.2, -0.15) is 0 Å². The fraction of sp³-hybridized carbons (Fsp3) is 1.00. The molecule has 0 aliphatic carbocycles. The molecule has 2 nitrogen and oxygen atoms in total. The lowest BCUT2D eigenvalue weighted by Crippen LogP contribution is -2.33. The molecule has 0 saturated carbocycles. The maximum Gasteiger partial charge on any atom is 0.761 e. The largest absolute Gasteiger partial charge is 0.761 e. The van der Waals surface area contributed by atoms with Crippen LogP contribution in [0.1, 0.15) is 39.5 Å². The molecule has 0 atom stereocenters. The van der Waals surface area contributed by atoms with Crippen LogP contribution in [0.25, 0.3) is 0 Å². The predicted octanol–water partition coefficient (Wildman–Crippen LogP) is 2.99. The molecule has 0 unspecified atom stereocenters. The average molecular weight is 212 g/mol. The number of halogens is 2. The van der Waals surface area contributed by atoms with Gasteiger partial charge < -0.3 is 8.85 Å². The first kappa shape index (κ1) is 13.0. The Labute approximate surface area is 79.8 Å². The lowest BCUT2D eigenvalue weighted by Gasteiger charge is -2.12. The lowest BCUT2D eigenvalue weighted by molar-refractivity contribution is 0.0842. The second-order valence-electron chi connectivity index (χ2n) is 2.87. The zero-order chi connectivity index (χ0) is 10.2. The molecule has 0 bridgehead atoms. The summed E-state index contributed by atoms with van der Waals surface area (Å²) in [5, 5.41) is 0. The molecule has 0 spiro atoms. The van der Waals surface area contributed by atoms with Crippen LogP contribution in [0.15, 0.2) is 0 Å². The molecule has 0 amide bonds. The molecule has 5 heteroatoms. The van der Waals surface area contributed by atoms with Crippen LogP contribution in [0, 0.1) is 0 Å². The third-order valence-corrected chi connectivity index (χ3v) is 2.62. The Hall–Kier alpha value is -0.00312. The zero-order valence-electron chi connectivity index (χ0n) is 8.32. The van der Waals surface area contributed by atoms with Crippen LogP contribution in [-0.4, -0.2) is 22.4 Å². The first-order valence-electron chi connectivity index (χ1n) is 4.78. The van der Waals surface area contributed by atoms with Gasteiger partial charge in [0.1, 0.15) is 0 Å². The highest BCUT2D eigenvalue weighted by atomic mass is 28.5. The van der Waals surface area contributed by atoms with E-state index in [1.54, 1.807) is 0 Å². The highest BCUT2D eigenvalue weighted by Crippen LogP contribution is 2.12. The number of unbranched alkanes of at least 4 members (excludes halogenated alkanes) is 2. The molecule has 13 heavy (non-hydrogen) atoms. The van der Waals surface area contributed by atoms with Crippen molar-refractivity contribution in [2.24, 2.45) is 0 Å². The first-order valence-corrected chi connectivity index (χ1v) is 6.35. The third kappa shape index (κ3) is 8.33. The third-order valence-electron chi connectivity index (χ3n) is 1.54. The molecule has 0 aromatic heterocycles. The van der Waals surface area contributed by atoms with Crippen LogP contribution in [0.2, 0.25) is 0 Å². The quantitative estimate of drug-likeness (QED) is 0.350. The van der Waals surface area contributed by atoms with Crippen molar-refractivity contribution in [2.75, 3.05) is 13.2 Å². The van der Waals surface area contributed by atoms with Gasteiger partial charge >= 0.3 is 9.23 Å². The molecule has 0 rings (SSSR count). The van der Waals surface area contributed by atoms with Crippen molar-refractivity contribution in [3.05, 3.63) is 0 Å². The fourth-order valence-corrected chi connectivity index (χ4v) is 1.56. The summed E-state index contributed by atoms with van der Waals surface area (Å²) in [7, 11) is -4.78. The van der Waals surface area contributed by atoms with Gasteiger partial charge in [0.05, 0.1) is 0 Å². The minimum atomic E-state index is -4.78. The maximum atomic E-state index is 12.8. The van der Waals surface area contributed by atoms with E-state index in [-0.39, 0.29) is 13.2 Å². The van der Waals surface area contributed by atoms with Gasteiger partial charge in [0.25, 0.3) is 0 Å². The Morgan fingerprint density at radius 3 is 1.62 bits per heavy atom. The van der Waals surface area contributed by atoms with Crippen LogP contribution in [0.4, 0.5) is 8.22 Å². The Morgan fingerprint density at radius 1 is 0.923 bits per heavy atom. The van der Waals surface area contributed by atoms with E-state index in [1.807, 2.05) is 13.8 Å². The zero-order valence-corrected chi connectivity index (χ0v) is 9.32. The summed E-state index contributed by atoms with van der Waals surface area (Å²) in [6, 6.07) is 0. The Balaban J connectivity index is 3.42. The molecular formula is C8H18F2O2Si. The molecule has 80 valence electrons.